The van der Waals surface area contributed by atoms with Gasteiger partial charge in [-0.25, -0.2) is 14.4 Å². The minimum absolute atomic E-state index is 0.00385. The quantitative estimate of drug-likeness (QED) is 0.532. The molecule has 6 nitrogen and oxygen atoms in total. The molecule has 0 bridgehead atoms. The Morgan fingerprint density at radius 3 is 2.70 bits per heavy atom. The van der Waals surface area contributed by atoms with Crippen molar-refractivity contribution >= 4 is 22.8 Å². The van der Waals surface area contributed by atoms with Gasteiger partial charge in [0.25, 0.3) is 0 Å². The molecule has 0 spiro atoms. The van der Waals surface area contributed by atoms with Crippen LogP contribution in [0.4, 0.5) is 10.3 Å². The summed E-state index contributed by atoms with van der Waals surface area (Å²) in [6.45, 7) is 5.01. The fraction of sp³-hybridized carbons (Fsp3) is 0.350. The average Bonchev–Trinajstić information content (AvgIpc) is 3.00. The van der Waals surface area contributed by atoms with Crippen molar-refractivity contribution in [2.45, 2.75) is 33.1 Å². The van der Waals surface area contributed by atoms with Crippen molar-refractivity contribution in [1.29, 1.82) is 0 Å². The van der Waals surface area contributed by atoms with E-state index < -0.39 is 0 Å². The Balaban J connectivity index is 1.37. The summed E-state index contributed by atoms with van der Waals surface area (Å²) >= 11 is 0. The summed E-state index contributed by atoms with van der Waals surface area (Å²) in [5.74, 6) is 0.344. The number of aromatic amines is 1. The molecule has 0 aliphatic rings. The van der Waals surface area contributed by atoms with Crippen molar-refractivity contribution in [3.05, 3.63) is 53.2 Å². The molecule has 0 saturated carbocycles. The first kappa shape index (κ1) is 18.8. The number of halogens is 1. The number of H-pyrrole nitrogens is 1. The van der Waals surface area contributed by atoms with Gasteiger partial charge >= 0.3 is 0 Å². The van der Waals surface area contributed by atoms with E-state index in [1.807, 2.05) is 26.1 Å². The van der Waals surface area contributed by atoms with Crippen LogP contribution in [0.15, 0.2) is 30.5 Å². The van der Waals surface area contributed by atoms with Crippen molar-refractivity contribution in [2.24, 2.45) is 0 Å². The van der Waals surface area contributed by atoms with Gasteiger partial charge in [-0.2, -0.15) is 0 Å². The van der Waals surface area contributed by atoms with Crippen molar-refractivity contribution in [1.82, 2.24) is 20.3 Å². The van der Waals surface area contributed by atoms with E-state index in [2.05, 4.69) is 25.6 Å². The number of amides is 1. The lowest BCUT2D eigenvalue weighted by Crippen LogP contribution is -2.26. The van der Waals surface area contributed by atoms with Gasteiger partial charge in [0.2, 0.25) is 11.9 Å². The Bertz CT molecular complexity index is 917. The average molecular weight is 369 g/mol. The van der Waals surface area contributed by atoms with Crippen LogP contribution < -0.4 is 10.6 Å². The van der Waals surface area contributed by atoms with Crippen LogP contribution in [-0.2, 0) is 11.2 Å². The minimum Gasteiger partial charge on any atom is -0.361 e. The van der Waals surface area contributed by atoms with E-state index in [1.54, 1.807) is 6.07 Å². The smallest absolute Gasteiger partial charge is 0.223 e. The number of anilines is 1. The Labute approximate surface area is 157 Å². The third-order valence-electron chi connectivity index (χ3n) is 4.29. The van der Waals surface area contributed by atoms with Crippen molar-refractivity contribution in [3.63, 3.8) is 0 Å². The lowest BCUT2D eigenvalue weighted by atomic mass is 10.1. The number of rotatable bonds is 8. The zero-order valence-corrected chi connectivity index (χ0v) is 15.6. The molecule has 0 saturated heterocycles. The monoisotopic (exact) mass is 369 g/mol. The number of hydrogen-bond acceptors (Lipinski definition) is 4. The number of nitrogens with one attached hydrogen (secondary N) is 3. The zero-order chi connectivity index (χ0) is 19.2. The van der Waals surface area contributed by atoms with Crippen LogP contribution >= 0.6 is 0 Å². The van der Waals surface area contributed by atoms with Crippen LogP contribution in [0.1, 0.15) is 29.8 Å². The minimum atomic E-state index is -0.257. The lowest BCUT2D eigenvalue weighted by molar-refractivity contribution is -0.121. The molecule has 27 heavy (non-hydrogen) atoms. The molecule has 2 aromatic heterocycles. The second-order valence-electron chi connectivity index (χ2n) is 6.61. The molecule has 0 atom stereocenters. The Morgan fingerprint density at radius 2 is 1.93 bits per heavy atom. The first-order chi connectivity index (χ1) is 13.0. The standard InChI is InChI=1S/C20H24FN5O/c1-13-10-14(2)26-20(25-13)23-8-3-4-19(27)22-9-7-15-12-24-18-6-5-16(21)11-17(15)18/h5-6,10-12,24H,3-4,7-9H2,1-2H3,(H,22,27)(H,23,25,26). The predicted octanol–water partition coefficient (Wildman–Crippen LogP) is 3.26. The molecule has 0 radical (unpaired) electrons. The first-order valence-corrected chi connectivity index (χ1v) is 9.09. The second-order valence-corrected chi connectivity index (χ2v) is 6.61. The van der Waals surface area contributed by atoms with Crippen molar-refractivity contribution in [2.75, 3.05) is 18.4 Å². The molecule has 142 valence electrons. The summed E-state index contributed by atoms with van der Waals surface area (Å²) in [6, 6.07) is 6.59. The van der Waals surface area contributed by atoms with Gasteiger partial charge in [0, 0.05) is 48.0 Å². The molecule has 0 aliphatic heterocycles. The summed E-state index contributed by atoms with van der Waals surface area (Å²) in [4.78, 5) is 23.7. The SMILES string of the molecule is Cc1cc(C)nc(NCCCC(=O)NCCc2c[nH]c3ccc(F)cc23)n1. The highest BCUT2D eigenvalue weighted by Crippen LogP contribution is 2.19. The molecule has 3 aromatic rings. The third kappa shape index (κ3) is 5.26. The molecular formula is C20H24FN5O. The van der Waals surface area contributed by atoms with Crippen molar-refractivity contribution < 1.29 is 9.18 Å². The Kier molecular flexibility index (Phi) is 6.01. The highest BCUT2D eigenvalue weighted by Gasteiger charge is 2.06. The van der Waals surface area contributed by atoms with Gasteiger partial charge in [0.15, 0.2) is 0 Å². The fourth-order valence-corrected chi connectivity index (χ4v) is 3.04. The molecule has 0 aliphatic carbocycles. The highest BCUT2D eigenvalue weighted by molar-refractivity contribution is 5.83. The van der Waals surface area contributed by atoms with E-state index in [1.165, 1.54) is 12.1 Å². The molecule has 1 aromatic carbocycles. The number of fused-ring (bicyclic) bond motifs is 1. The summed E-state index contributed by atoms with van der Waals surface area (Å²) in [5.41, 5.74) is 3.73. The molecular weight excluding hydrogens is 345 g/mol. The number of hydrogen-bond donors (Lipinski definition) is 3. The van der Waals surface area contributed by atoms with Crippen LogP contribution in [0.3, 0.4) is 0 Å². The molecule has 7 heteroatoms. The van der Waals surface area contributed by atoms with Crippen LogP contribution in [0, 0.1) is 19.7 Å². The molecule has 0 fully saturated rings. The summed E-state index contributed by atoms with van der Waals surface area (Å²) < 4.78 is 13.4. The first-order valence-electron chi connectivity index (χ1n) is 9.09. The largest absolute Gasteiger partial charge is 0.361 e. The Hall–Kier alpha value is -2.96. The van der Waals surface area contributed by atoms with Gasteiger partial charge in [0.1, 0.15) is 5.82 Å². The molecule has 1 amide bonds. The lowest BCUT2D eigenvalue weighted by Gasteiger charge is -2.07. The summed E-state index contributed by atoms with van der Waals surface area (Å²) in [5, 5.41) is 6.92. The topological polar surface area (TPSA) is 82.7 Å². The number of benzene rings is 1. The number of aromatic nitrogens is 3. The molecule has 3 N–H and O–H groups in total. The van der Waals surface area contributed by atoms with E-state index in [9.17, 15) is 9.18 Å². The summed E-state index contributed by atoms with van der Waals surface area (Å²) in [6.07, 6.45) is 3.65. The number of nitrogens with zero attached hydrogens (tertiary/aromatic N) is 2. The summed E-state index contributed by atoms with van der Waals surface area (Å²) in [7, 11) is 0. The number of carbonyl (C=O) groups is 1. The highest BCUT2D eigenvalue weighted by atomic mass is 19.1. The maximum Gasteiger partial charge on any atom is 0.223 e. The molecule has 3 rings (SSSR count). The van der Waals surface area contributed by atoms with Gasteiger partial charge in [-0.05, 0) is 56.5 Å². The van der Waals surface area contributed by atoms with E-state index in [0.29, 0.717) is 38.3 Å². The zero-order valence-electron chi connectivity index (χ0n) is 15.6. The maximum absolute atomic E-state index is 13.4. The van der Waals surface area contributed by atoms with E-state index >= 15 is 0 Å². The van der Waals surface area contributed by atoms with Crippen molar-refractivity contribution in [3.8, 4) is 0 Å². The number of carbonyl (C=O) groups excluding carboxylic acids is 1. The fourth-order valence-electron chi connectivity index (χ4n) is 3.04. The van der Waals surface area contributed by atoms with Crippen LogP contribution in [0.2, 0.25) is 0 Å². The van der Waals surface area contributed by atoms with E-state index in [-0.39, 0.29) is 11.7 Å². The van der Waals surface area contributed by atoms with Gasteiger partial charge in [-0.3, -0.25) is 4.79 Å². The Morgan fingerprint density at radius 1 is 1.15 bits per heavy atom. The molecule has 0 unspecified atom stereocenters. The van der Waals surface area contributed by atoms with Gasteiger partial charge < -0.3 is 15.6 Å². The maximum atomic E-state index is 13.4. The van der Waals surface area contributed by atoms with Gasteiger partial charge in [-0.1, -0.05) is 0 Å². The third-order valence-corrected chi connectivity index (χ3v) is 4.29. The second kappa shape index (κ2) is 8.62. The van der Waals surface area contributed by atoms with Crippen LogP contribution in [0.5, 0.6) is 0 Å². The van der Waals surface area contributed by atoms with Crippen LogP contribution in [-0.4, -0.2) is 33.9 Å². The van der Waals surface area contributed by atoms with E-state index in [4.69, 9.17) is 0 Å². The number of aryl methyl sites for hydroxylation is 2. The predicted molar refractivity (Wildman–Crippen MR) is 104 cm³/mol. The van der Waals surface area contributed by atoms with E-state index in [0.717, 1.165) is 27.9 Å². The van der Waals surface area contributed by atoms with Crippen LogP contribution in [0.25, 0.3) is 10.9 Å². The van der Waals surface area contributed by atoms with Gasteiger partial charge in [-0.15, -0.1) is 0 Å². The van der Waals surface area contributed by atoms with Gasteiger partial charge in [0.05, 0.1) is 0 Å². The normalized spacial score (nSPS) is 10.9. The molecule has 2 heterocycles.